The zero-order valence-electron chi connectivity index (χ0n) is 15.8. The van der Waals surface area contributed by atoms with E-state index in [1.54, 1.807) is 29.6 Å². The van der Waals surface area contributed by atoms with E-state index in [0.717, 1.165) is 28.7 Å². The van der Waals surface area contributed by atoms with Crippen LogP contribution in [0, 0.1) is 0 Å². The molecule has 2 aromatic carbocycles. The fourth-order valence-corrected chi connectivity index (χ4v) is 3.59. The maximum Gasteiger partial charge on any atom is 0.214 e. The fraction of sp³-hybridized carbons (Fsp3) is 0.316. The third-order valence-corrected chi connectivity index (χ3v) is 5.17. The summed E-state index contributed by atoms with van der Waals surface area (Å²) in [7, 11) is 1.60. The number of methoxy groups -OCH3 is 1. The predicted molar refractivity (Wildman–Crippen MR) is 111 cm³/mol. The van der Waals surface area contributed by atoms with Crippen LogP contribution in [0.3, 0.4) is 0 Å². The first-order valence-electron chi connectivity index (χ1n) is 8.89. The Morgan fingerprint density at radius 2 is 2.00 bits per heavy atom. The predicted octanol–water partition coefficient (Wildman–Crippen LogP) is 3.60. The van der Waals surface area contributed by atoms with Crippen LogP contribution < -0.4 is 14.8 Å². The largest absolute Gasteiger partial charge is 0.493 e. The first kappa shape index (κ1) is 20.4. The molecule has 0 amide bonds. The molecule has 3 aromatic rings. The van der Waals surface area contributed by atoms with E-state index < -0.39 is 0 Å². The second kappa shape index (κ2) is 10.3. The monoisotopic (exact) mass is 419 g/mol. The van der Waals surface area contributed by atoms with E-state index in [1.807, 2.05) is 43.3 Å². The average Bonchev–Trinajstić information content (AvgIpc) is 3.19. The topological polar surface area (TPSA) is 74.1 Å². The van der Waals surface area contributed by atoms with E-state index in [4.69, 9.17) is 21.1 Å². The number of hydrogen-bond donors (Lipinski definition) is 1. The van der Waals surface area contributed by atoms with Gasteiger partial charge in [0.1, 0.15) is 0 Å². The summed E-state index contributed by atoms with van der Waals surface area (Å²) in [4.78, 5) is 0. The Kier molecular flexibility index (Phi) is 7.53. The first-order chi connectivity index (χ1) is 13.7. The van der Waals surface area contributed by atoms with E-state index in [9.17, 15) is 0 Å². The minimum Gasteiger partial charge on any atom is -0.493 e. The Morgan fingerprint density at radius 1 is 1.18 bits per heavy atom. The Morgan fingerprint density at radius 3 is 2.75 bits per heavy atom. The first-order valence-corrected chi connectivity index (χ1v) is 10.3. The summed E-state index contributed by atoms with van der Waals surface area (Å²) in [5.41, 5.74) is 1.90. The van der Waals surface area contributed by atoms with Gasteiger partial charge in [-0.1, -0.05) is 41.6 Å². The number of benzene rings is 2. The molecular formula is C19H22ClN5O2S. The van der Waals surface area contributed by atoms with Crippen molar-refractivity contribution in [2.24, 2.45) is 0 Å². The van der Waals surface area contributed by atoms with Crippen LogP contribution in [0.15, 0.2) is 47.6 Å². The van der Waals surface area contributed by atoms with Crippen LogP contribution in [0.5, 0.6) is 11.5 Å². The van der Waals surface area contributed by atoms with E-state index >= 15 is 0 Å². The van der Waals surface area contributed by atoms with E-state index in [1.165, 1.54) is 0 Å². The van der Waals surface area contributed by atoms with Gasteiger partial charge in [0.05, 0.1) is 19.4 Å². The van der Waals surface area contributed by atoms with Crippen molar-refractivity contribution < 1.29 is 9.47 Å². The van der Waals surface area contributed by atoms with Gasteiger partial charge in [0.25, 0.3) is 0 Å². The lowest BCUT2D eigenvalue weighted by Gasteiger charge is -2.13. The molecule has 0 aliphatic carbocycles. The van der Waals surface area contributed by atoms with Crippen LogP contribution >= 0.6 is 23.4 Å². The molecule has 7 nitrogen and oxygen atoms in total. The molecule has 1 N–H and O–H groups in total. The fourth-order valence-electron chi connectivity index (χ4n) is 2.58. The van der Waals surface area contributed by atoms with Crippen molar-refractivity contribution in [3.05, 3.63) is 53.1 Å². The molecule has 0 bridgehead atoms. The smallest absolute Gasteiger partial charge is 0.214 e. The summed E-state index contributed by atoms with van der Waals surface area (Å²) >= 11 is 7.94. The molecule has 0 saturated heterocycles. The standard InChI is InChI=1S/C19H22ClN5O2S/c1-3-27-18-11-14(16(20)12-17(18)26-2)13-21-9-10-28-19-22-23-24-25(19)15-7-5-4-6-8-15/h4-8,11-12,21H,3,9-10,13H2,1-2H3. The minimum absolute atomic E-state index is 0.567. The molecule has 28 heavy (non-hydrogen) atoms. The van der Waals surface area contributed by atoms with Crippen molar-refractivity contribution in [2.45, 2.75) is 18.6 Å². The highest BCUT2D eigenvalue weighted by Gasteiger charge is 2.11. The summed E-state index contributed by atoms with van der Waals surface area (Å²) in [5.74, 6) is 2.15. The van der Waals surface area contributed by atoms with Gasteiger partial charge in [-0.05, 0) is 41.1 Å². The number of ether oxygens (including phenoxy) is 2. The second-order valence-corrected chi connectivity index (χ2v) is 7.23. The Bertz CT molecular complexity index is 891. The molecule has 0 aliphatic heterocycles. The zero-order valence-corrected chi connectivity index (χ0v) is 17.3. The van der Waals surface area contributed by atoms with E-state index in [-0.39, 0.29) is 0 Å². The van der Waals surface area contributed by atoms with Crippen LogP contribution in [0.4, 0.5) is 0 Å². The number of para-hydroxylation sites is 1. The molecule has 9 heteroatoms. The molecular weight excluding hydrogens is 398 g/mol. The molecule has 0 atom stereocenters. The highest BCUT2D eigenvalue weighted by molar-refractivity contribution is 7.99. The second-order valence-electron chi connectivity index (χ2n) is 5.76. The Balaban J connectivity index is 1.52. The minimum atomic E-state index is 0.567. The van der Waals surface area contributed by atoms with Crippen LogP contribution in [0.25, 0.3) is 5.69 Å². The zero-order chi connectivity index (χ0) is 19.8. The van der Waals surface area contributed by atoms with Gasteiger partial charge in [-0.3, -0.25) is 0 Å². The third-order valence-electron chi connectivity index (χ3n) is 3.90. The molecule has 0 aliphatic rings. The lowest BCUT2D eigenvalue weighted by Crippen LogP contribution is -2.17. The molecule has 0 spiro atoms. The van der Waals surface area contributed by atoms with Gasteiger partial charge in [-0.25, -0.2) is 0 Å². The van der Waals surface area contributed by atoms with Crippen LogP contribution in [0.1, 0.15) is 12.5 Å². The molecule has 0 unspecified atom stereocenters. The number of tetrazole rings is 1. The summed E-state index contributed by atoms with van der Waals surface area (Å²) < 4.78 is 12.7. The maximum atomic E-state index is 6.35. The highest BCUT2D eigenvalue weighted by atomic mass is 35.5. The van der Waals surface area contributed by atoms with Crippen molar-refractivity contribution in [3.8, 4) is 17.2 Å². The van der Waals surface area contributed by atoms with Crippen molar-refractivity contribution in [1.82, 2.24) is 25.5 Å². The van der Waals surface area contributed by atoms with Crippen molar-refractivity contribution >= 4 is 23.4 Å². The van der Waals surface area contributed by atoms with Gasteiger partial charge < -0.3 is 14.8 Å². The molecule has 0 radical (unpaired) electrons. The maximum absolute atomic E-state index is 6.35. The number of halogens is 1. The Hall–Kier alpha value is -2.29. The summed E-state index contributed by atoms with van der Waals surface area (Å²) in [6, 6.07) is 13.5. The quantitative estimate of drug-likeness (QED) is 0.397. The van der Waals surface area contributed by atoms with Crippen molar-refractivity contribution in [2.75, 3.05) is 26.0 Å². The van der Waals surface area contributed by atoms with Gasteiger partial charge >= 0.3 is 0 Å². The normalized spacial score (nSPS) is 10.8. The summed E-state index contributed by atoms with van der Waals surface area (Å²) in [5, 5.41) is 16.7. The molecule has 1 aromatic heterocycles. The summed E-state index contributed by atoms with van der Waals surface area (Å²) in [6.45, 7) is 3.91. The number of hydrogen-bond acceptors (Lipinski definition) is 7. The number of nitrogens with one attached hydrogen (secondary N) is 1. The molecule has 0 fully saturated rings. The molecule has 148 valence electrons. The molecule has 0 saturated carbocycles. The SMILES string of the molecule is CCOc1cc(CNCCSc2nnnn2-c2ccccc2)c(Cl)cc1OC. The van der Waals surface area contributed by atoms with Crippen LogP contribution in [-0.4, -0.2) is 46.2 Å². The van der Waals surface area contributed by atoms with Crippen molar-refractivity contribution in [1.29, 1.82) is 0 Å². The summed E-state index contributed by atoms with van der Waals surface area (Å²) in [6.07, 6.45) is 0. The van der Waals surface area contributed by atoms with E-state index in [0.29, 0.717) is 29.7 Å². The highest BCUT2D eigenvalue weighted by Crippen LogP contribution is 2.33. The number of rotatable bonds is 10. The Labute approximate surface area is 173 Å². The van der Waals surface area contributed by atoms with Crippen LogP contribution in [0.2, 0.25) is 5.02 Å². The molecule has 1 heterocycles. The van der Waals surface area contributed by atoms with Gasteiger partial charge in [-0.2, -0.15) is 4.68 Å². The third kappa shape index (κ3) is 5.15. The number of aromatic nitrogens is 4. The van der Waals surface area contributed by atoms with Gasteiger partial charge in [0.2, 0.25) is 5.16 Å². The van der Waals surface area contributed by atoms with Gasteiger partial charge in [0.15, 0.2) is 11.5 Å². The van der Waals surface area contributed by atoms with Crippen LogP contribution in [-0.2, 0) is 6.54 Å². The van der Waals surface area contributed by atoms with Crippen molar-refractivity contribution in [3.63, 3.8) is 0 Å². The lowest BCUT2D eigenvalue weighted by molar-refractivity contribution is 0.310. The molecule has 3 rings (SSSR count). The average molecular weight is 420 g/mol. The van der Waals surface area contributed by atoms with E-state index in [2.05, 4.69) is 20.8 Å². The lowest BCUT2D eigenvalue weighted by atomic mass is 10.2. The van der Waals surface area contributed by atoms with Gasteiger partial charge in [-0.15, -0.1) is 5.10 Å². The number of thioether (sulfide) groups is 1. The van der Waals surface area contributed by atoms with Gasteiger partial charge in [0, 0.05) is 29.9 Å². The number of nitrogens with zero attached hydrogens (tertiary/aromatic N) is 4.